The highest BCUT2D eigenvalue weighted by Gasteiger charge is 2.23. The van der Waals surface area contributed by atoms with Gasteiger partial charge >= 0.3 is 0 Å². The molecule has 4 heteroatoms. The van der Waals surface area contributed by atoms with Crippen molar-refractivity contribution in [3.05, 3.63) is 29.3 Å². The van der Waals surface area contributed by atoms with Crippen molar-refractivity contribution in [2.24, 2.45) is 5.92 Å². The predicted molar refractivity (Wildman–Crippen MR) is 85.7 cm³/mol. The zero-order valence-electron chi connectivity index (χ0n) is 13.7. The predicted octanol–water partition coefficient (Wildman–Crippen LogP) is 2.44. The minimum atomic E-state index is 0.356. The van der Waals surface area contributed by atoms with Gasteiger partial charge in [0.15, 0.2) is 0 Å². The van der Waals surface area contributed by atoms with Crippen LogP contribution in [-0.4, -0.2) is 45.9 Å². The lowest BCUT2D eigenvalue weighted by molar-refractivity contribution is 0.152. The first kappa shape index (κ1) is 16.3. The van der Waals surface area contributed by atoms with E-state index >= 15 is 0 Å². The Bertz CT molecular complexity index is 450. The third-order valence-corrected chi connectivity index (χ3v) is 4.40. The summed E-state index contributed by atoms with van der Waals surface area (Å²) in [6.45, 7) is 6.25. The summed E-state index contributed by atoms with van der Waals surface area (Å²) in [5.74, 6) is 1.65. The summed E-state index contributed by atoms with van der Waals surface area (Å²) in [5.41, 5.74) is 2.58. The van der Waals surface area contributed by atoms with Crippen molar-refractivity contribution in [2.75, 3.05) is 41.0 Å². The van der Waals surface area contributed by atoms with Gasteiger partial charge in [0.1, 0.15) is 5.75 Å². The monoisotopic (exact) mass is 292 g/mol. The van der Waals surface area contributed by atoms with Gasteiger partial charge in [0.05, 0.1) is 13.7 Å². The molecular weight excluding hydrogens is 264 g/mol. The number of hydrogen-bond acceptors (Lipinski definition) is 4. The van der Waals surface area contributed by atoms with Crippen molar-refractivity contribution in [1.29, 1.82) is 0 Å². The van der Waals surface area contributed by atoms with E-state index in [1.165, 1.54) is 17.5 Å². The van der Waals surface area contributed by atoms with Crippen LogP contribution in [0.4, 0.5) is 0 Å². The minimum Gasteiger partial charge on any atom is -0.496 e. The average Bonchev–Trinajstić information content (AvgIpc) is 2.94. The molecule has 118 valence electrons. The van der Waals surface area contributed by atoms with Gasteiger partial charge in [0.2, 0.25) is 0 Å². The maximum absolute atomic E-state index is 5.53. The molecule has 0 aromatic heterocycles. The molecule has 0 spiro atoms. The van der Waals surface area contributed by atoms with Crippen molar-refractivity contribution < 1.29 is 9.47 Å². The maximum Gasteiger partial charge on any atom is 0.123 e. The fraction of sp³-hybridized carbons (Fsp3) is 0.647. The van der Waals surface area contributed by atoms with Crippen LogP contribution in [0.1, 0.15) is 30.5 Å². The summed E-state index contributed by atoms with van der Waals surface area (Å²) in [7, 11) is 5.52. The molecule has 0 radical (unpaired) electrons. The van der Waals surface area contributed by atoms with Crippen LogP contribution >= 0.6 is 0 Å². The Morgan fingerprint density at radius 1 is 1.38 bits per heavy atom. The van der Waals surface area contributed by atoms with E-state index in [1.54, 1.807) is 14.2 Å². The highest BCUT2D eigenvalue weighted by Crippen LogP contribution is 2.27. The first-order valence-corrected chi connectivity index (χ1v) is 7.73. The molecule has 2 atom stereocenters. The van der Waals surface area contributed by atoms with Crippen molar-refractivity contribution in [2.45, 2.75) is 25.9 Å². The molecule has 4 nitrogen and oxygen atoms in total. The lowest BCUT2D eigenvalue weighted by Crippen LogP contribution is -2.22. The molecule has 1 aromatic carbocycles. The molecule has 0 aliphatic carbocycles. The Morgan fingerprint density at radius 3 is 2.86 bits per heavy atom. The first-order chi connectivity index (χ1) is 10.2. The second-order valence-electron chi connectivity index (χ2n) is 5.93. The summed E-state index contributed by atoms with van der Waals surface area (Å²) < 4.78 is 10.8. The van der Waals surface area contributed by atoms with E-state index in [1.807, 2.05) is 7.05 Å². The van der Waals surface area contributed by atoms with Crippen LogP contribution in [0.2, 0.25) is 0 Å². The second kappa shape index (κ2) is 7.78. The molecule has 1 fully saturated rings. The number of rotatable bonds is 7. The number of nitrogens with one attached hydrogen (secondary N) is 1. The van der Waals surface area contributed by atoms with Crippen LogP contribution in [0.5, 0.6) is 5.75 Å². The van der Waals surface area contributed by atoms with Gasteiger partial charge in [-0.2, -0.15) is 0 Å². The Morgan fingerprint density at radius 2 is 2.19 bits per heavy atom. The molecule has 0 amide bonds. The lowest BCUT2D eigenvalue weighted by Gasteiger charge is -2.20. The SMILES string of the molecule is CNC(C)c1ccc(OC)c(CN2CCC(COC)C2)c1. The van der Waals surface area contributed by atoms with Crippen molar-refractivity contribution in [3.8, 4) is 5.75 Å². The Balaban J connectivity index is 2.07. The van der Waals surface area contributed by atoms with Crippen LogP contribution < -0.4 is 10.1 Å². The molecule has 2 rings (SSSR count). The quantitative estimate of drug-likeness (QED) is 0.837. The molecule has 21 heavy (non-hydrogen) atoms. The van der Waals surface area contributed by atoms with Crippen LogP contribution in [-0.2, 0) is 11.3 Å². The fourth-order valence-corrected chi connectivity index (χ4v) is 3.03. The molecule has 1 aliphatic heterocycles. The number of hydrogen-bond donors (Lipinski definition) is 1. The Kier molecular flexibility index (Phi) is 6.03. The number of ether oxygens (including phenoxy) is 2. The van der Waals surface area contributed by atoms with Crippen LogP contribution in [0.15, 0.2) is 18.2 Å². The standard InChI is InChI=1S/C17H28N2O2/c1-13(18-2)15-5-6-17(21-4)16(9-15)11-19-8-7-14(10-19)12-20-3/h5-6,9,13-14,18H,7-8,10-12H2,1-4H3. The summed E-state index contributed by atoms with van der Waals surface area (Å²) in [4.78, 5) is 2.50. The summed E-state index contributed by atoms with van der Waals surface area (Å²) in [6.07, 6.45) is 1.22. The van der Waals surface area contributed by atoms with Crippen LogP contribution in [0.3, 0.4) is 0 Å². The second-order valence-corrected chi connectivity index (χ2v) is 5.93. The molecule has 1 saturated heterocycles. The highest BCUT2D eigenvalue weighted by molar-refractivity contribution is 5.38. The van der Waals surface area contributed by atoms with Crippen LogP contribution in [0.25, 0.3) is 0 Å². The molecule has 0 saturated carbocycles. The topological polar surface area (TPSA) is 33.7 Å². The van der Waals surface area contributed by atoms with Crippen molar-refractivity contribution in [3.63, 3.8) is 0 Å². The van der Waals surface area contributed by atoms with E-state index in [0.29, 0.717) is 12.0 Å². The van der Waals surface area contributed by atoms with Crippen molar-refractivity contribution >= 4 is 0 Å². The summed E-state index contributed by atoms with van der Waals surface area (Å²) in [6, 6.07) is 6.85. The maximum atomic E-state index is 5.53. The van der Waals surface area contributed by atoms with Gasteiger partial charge in [0, 0.05) is 31.8 Å². The van der Waals surface area contributed by atoms with E-state index in [2.05, 4.69) is 35.3 Å². The third-order valence-electron chi connectivity index (χ3n) is 4.40. The van der Waals surface area contributed by atoms with Gasteiger partial charge in [-0.05, 0) is 50.6 Å². The van der Waals surface area contributed by atoms with E-state index in [4.69, 9.17) is 9.47 Å². The summed E-state index contributed by atoms with van der Waals surface area (Å²) in [5, 5.41) is 3.29. The number of methoxy groups -OCH3 is 2. The highest BCUT2D eigenvalue weighted by atomic mass is 16.5. The Labute approximate surface area is 128 Å². The van der Waals surface area contributed by atoms with E-state index in [9.17, 15) is 0 Å². The molecule has 1 heterocycles. The van der Waals surface area contributed by atoms with Gasteiger partial charge in [0.25, 0.3) is 0 Å². The number of likely N-dealkylation sites (tertiary alicyclic amines) is 1. The molecule has 0 bridgehead atoms. The molecule has 1 aromatic rings. The fourth-order valence-electron chi connectivity index (χ4n) is 3.03. The molecule has 1 aliphatic rings. The smallest absolute Gasteiger partial charge is 0.123 e. The largest absolute Gasteiger partial charge is 0.496 e. The average molecular weight is 292 g/mol. The van der Waals surface area contributed by atoms with Crippen molar-refractivity contribution in [1.82, 2.24) is 10.2 Å². The van der Waals surface area contributed by atoms with Crippen LogP contribution in [0, 0.1) is 5.92 Å². The third kappa shape index (κ3) is 4.19. The first-order valence-electron chi connectivity index (χ1n) is 7.73. The molecule has 1 N–H and O–H groups in total. The van der Waals surface area contributed by atoms with E-state index in [-0.39, 0.29) is 0 Å². The molecule has 2 unspecified atom stereocenters. The Hall–Kier alpha value is -1.10. The number of nitrogens with zero attached hydrogens (tertiary/aromatic N) is 1. The molecular formula is C17H28N2O2. The lowest BCUT2D eigenvalue weighted by atomic mass is 10.0. The van der Waals surface area contributed by atoms with Gasteiger partial charge in [-0.1, -0.05) is 6.07 Å². The van der Waals surface area contributed by atoms with E-state index in [0.717, 1.165) is 32.0 Å². The zero-order chi connectivity index (χ0) is 15.2. The normalized spacial score (nSPS) is 20.7. The van der Waals surface area contributed by atoms with Gasteiger partial charge in [-0.15, -0.1) is 0 Å². The van der Waals surface area contributed by atoms with Gasteiger partial charge in [-0.3, -0.25) is 4.90 Å². The summed E-state index contributed by atoms with van der Waals surface area (Å²) >= 11 is 0. The number of benzene rings is 1. The van der Waals surface area contributed by atoms with Gasteiger partial charge < -0.3 is 14.8 Å². The minimum absolute atomic E-state index is 0.356. The van der Waals surface area contributed by atoms with E-state index < -0.39 is 0 Å². The zero-order valence-corrected chi connectivity index (χ0v) is 13.7. The van der Waals surface area contributed by atoms with Gasteiger partial charge in [-0.25, -0.2) is 0 Å².